The largest absolute Gasteiger partial charge is 0.444 e. The summed E-state index contributed by atoms with van der Waals surface area (Å²) in [7, 11) is 0. The normalized spacial score (nSPS) is 19.2. The van der Waals surface area contributed by atoms with Gasteiger partial charge in [0.2, 0.25) is 5.78 Å². The highest BCUT2D eigenvalue weighted by atomic mass is 79.9. The van der Waals surface area contributed by atoms with Crippen molar-refractivity contribution in [1.29, 1.82) is 0 Å². The maximum Gasteiger partial charge on any atom is 0.410 e. The zero-order valence-corrected chi connectivity index (χ0v) is 24.0. The molecule has 0 N–H and O–H groups in total. The summed E-state index contributed by atoms with van der Waals surface area (Å²) in [5, 5.41) is 0.603. The average Bonchev–Trinajstić information content (AvgIpc) is 3.48. The standard InChI is InChI=1S/C29H34BrN5O3/c1-18-17-32(28(37)38-29(2,3)4)14-15-33(18)20-12-13-22-24(16-20)34(19-8-5-6-9-19)27-31-26(36)25-21(30)10-7-11-23(25)35(22)27/h7,10-13,16,18-19H,5-6,8-9,14-15,17H2,1-4H3/t18-/m0/s1. The van der Waals surface area contributed by atoms with Crippen molar-refractivity contribution in [2.45, 2.75) is 71.1 Å². The van der Waals surface area contributed by atoms with E-state index >= 15 is 0 Å². The van der Waals surface area contributed by atoms with Crippen LogP contribution in [0.5, 0.6) is 0 Å². The van der Waals surface area contributed by atoms with Gasteiger partial charge in [0.05, 0.1) is 21.9 Å². The maximum absolute atomic E-state index is 13.2. The molecule has 1 saturated heterocycles. The van der Waals surface area contributed by atoms with E-state index in [0.717, 1.165) is 46.1 Å². The highest BCUT2D eigenvalue weighted by molar-refractivity contribution is 9.10. The van der Waals surface area contributed by atoms with Crippen LogP contribution in [0.4, 0.5) is 10.5 Å². The predicted octanol–water partition coefficient (Wildman–Crippen LogP) is 6.13. The van der Waals surface area contributed by atoms with Gasteiger partial charge in [-0.3, -0.25) is 9.20 Å². The van der Waals surface area contributed by atoms with E-state index in [-0.39, 0.29) is 17.7 Å². The van der Waals surface area contributed by atoms with Crippen LogP contribution in [0.2, 0.25) is 0 Å². The highest BCUT2D eigenvalue weighted by Gasteiger charge is 2.31. The van der Waals surface area contributed by atoms with Crippen LogP contribution in [0.15, 0.2) is 45.7 Å². The molecule has 2 aromatic heterocycles. The quantitative estimate of drug-likeness (QED) is 0.286. The second-order valence-corrected chi connectivity index (χ2v) is 12.5. The lowest BCUT2D eigenvalue weighted by Crippen LogP contribution is -2.54. The summed E-state index contributed by atoms with van der Waals surface area (Å²) in [4.78, 5) is 34.6. The topological polar surface area (TPSA) is 72.1 Å². The Kier molecular flexibility index (Phi) is 6.17. The fourth-order valence-corrected chi connectivity index (χ4v) is 6.68. The van der Waals surface area contributed by atoms with Gasteiger partial charge in [0.15, 0.2) is 0 Å². The number of carbonyl (C=O) groups is 1. The van der Waals surface area contributed by atoms with Crippen molar-refractivity contribution in [3.63, 3.8) is 0 Å². The number of fused-ring (bicyclic) bond motifs is 5. The molecule has 0 spiro atoms. The number of hydrogen-bond acceptors (Lipinski definition) is 5. The van der Waals surface area contributed by atoms with Gasteiger partial charge in [0.1, 0.15) is 5.60 Å². The van der Waals surface area contributed by atoms with Gasteiger partial charge in [-0.2, -0.15) is 4.98 Å². The Morgan fingerprint density at radius 1 is 1.05 bits per heavy atom. The van der Waals surface area contributed by atoms with Crippen LogP contribution < -0.4 is 10.5 Å². The number of rotatable bonds is 2. The number of amides is 1. The molecule has 2 fully saturated rings. The van der Waals surface area contributed by atoms with E-state index in [4.69, 9.17) is 4.74 Å². The number of anilines is 1. The molecule has 38 heavy (non-hydrogen) atoms. The molecule has 1 aliphatic carbocycles. The zero-order valence-electron chi connectivity index (χ0n) is 22.4. The van der Waals surface area contributed by atoms with Crippen LogP contribution in [0.1, 0.15) is 59.4 Å². The minimum Gasteiger partial charge on any atom is -0.444 e. The minimum absolute atomic E-state index is 0.133. The summed E-state index contributed by atoms with van der Waals surface area (Å²) < 4.78 is 10.8. The molecule has 200 valence electrons. The molecule has 6 rings (SSSR count). The molecule has 0 unspecified atom stereocenters. The van der Waals surface area contributed by atoms with Gasteiger partial charge in [0.25, 0.3) is 5.56 Å². The van der Waals surface area contributed by atoms with Crippen LogP contribution in [0.25, 0.3) is 27.7 Å². The first kappa shape index (κ1) is 25.2. The highest BCUT2D eigenvalue weighted by Crippen LogP contribution is 2.37. The molecule has 1 saturated carbocycles. The van der Waals surface area contributed by atoms with Crippen LogP contribution in [0.3, 0.4) is 0 Å². The van der Waals surface area contributed by atoms with Crippen molar-refractivity contribution in [1.82, 2.24) is 18.9 Å². The van der Waals surface area contributed by atoms with Gasteiger partial charge in [-0.05, 0) is 86.8 Å². The molecule has 2 aromatic carbocycles. The smallest absolute Gasteiger partial charge is 0.410 e. The molecule has 9 heteroatoms. The van der Waals surface area contributed by atoms with Gasteiger partial charge >= 0.3 is 6.09 Å². The number of carbonyl (C=O) groups excluding carboxylic acids is 1. The van der Waals surface area contributed by atoms with E-state index in [0.29, 0.717) is 30.3 Å². The Balaban J connectivity index is 1.45. The summed E-state index contributed by atoms with van der Waals surface area (Å²) >= 11 is 3.57. The Hall–Kier alpha value is -3.07. The van der Waals surface area contributed by atoms with Gasteiger partial charge < -0.3 is 19.1 Å². The lowest BCUT2D eigenvalue weighted by atomic mass is 10.1. The molecule has 0 radical (unpaired) electrons. The third kappa shape index (κ3) is 4.25. The molecule has 1 aliphatic heterocycles. The minimum atomic E-state index is -0.508. The third-order valence-corrected chi connectivity index (χ3v) is 8.48. The second kappa shape index (κ2) is 9.29. The van der Waals surface area contributed by atoms with Crippen molar-refractivity contribution < 1.29 is 9.53 Å². The summed E-state index contributed by atoms with van der Waals surface area (Å²) in [6.45, 7) is 9.78. The van der Waals surface area contributed by atoms with Crippen molar-refractivity contribution in [2.24, 2.45) is 0 Å². The van der Waals surface area contributed by atoms with Crippen molar-refractivity contribution in [3.8, 4) is 0 Å². The van der Waals surface area contributed by atoms with Gasteiger partial charge in [-0.1, -0.05) is 18.9 Å². The van der Waals surface area contributed by atoms with Crippen molar-refractivity contribution >= 4 is 55.4 Å². The molecule has 2 aliphatic rings. The number of benzene rings is 2. The van der Waals surface area contributed by atoms with E-state index in [1.54, 1.807) is 4.90 Å². The molecule has 1 amide bonds. The summed E-state index contributed by atoms with van der Waals surface area (Å²) in [5.74, 6) is 0.711. The van der Waals surface area contributed by atoms with E-state index in [1.807, 2.05) is 39.0 Å². The predicted molar refractivity (Wildman–Crippen MR) is 154 cm³/mol. The van der Waals surface area contributed by atoms with E-state index < -0.39 is 5.60 Å². The molecule has 1 atom stereocenters. The van der Waals surface area contributed by atoms with Crippen LogP contribution in [-0.4, -0.2) is 56.2 Å². The number of aromatic nitrogens is 3. The average molecular weight is 581 g/mol. The molecule has 0 bridgehead atoms. The number of ether oxygens (including phenoxy) is 1. The molecular formula is C29H34BrN5O3. The second-order valence-electron chi connectivity index (χ2n) is 11.6. The number of hydrogen-bond donors (Lipinski definition) is 0. The first-order chi connectivity index (χ1) is 18.1. The van der Waals surface area contributed by atoms with E-state index in [9.17, 15) is 9.59 Å². The van der Waals surface area contributed by atoms with Gasteiger partial charge in [0, 0.05) is 41.9 Å². The Bertz CT molecular complexity index is 1610. The Morgan fingerprint density at radius 3 is 2.53 bits per heavy atom. The molecule has 3 heterocycles. The third-order valence-electron chi connectivity index (χ3n) is 7.82. The summed E-state index contributed by atoms with van der Waals surface area (Å²) in [6, 6.07) is 12.9. The van der Waals surface area contributed by atoms with Crippen LogP contribution in [-0.2, 0) is 4.74 Å². The maximum atomic E-state index is 13.2. The SMILES string of the molecule is C[C@H]1CN(C(=O)OC(C)(C)C)CCN1c1ccc2c(c1)n(C1CCCC1)c1nc(=O)c3c(Br)cccc3n21. The molecular weight excluding hydrogens is 546 g/mol. The zero-order chi connectivity index (χ0) is 26.8. The summed E-state index contributed by atoms with van der Waals surface area (Å²) in [6.07, 6.45) is 4.28. The fraction of sp³-hybridized carbons (Fsp3) is 0.483. The lowest BCUT2D eigenvalue weighted by Gasteiger charge is -2.41. The number of piperazine rings is 1. The molecule has 4 aromatic rings. The van der Waals surface area contributed by atoms with Crippen molar-refractivity contribution in [2.75, 3.05) is 24.5 Å². The number of nitrogens with zero attached hydrogens (tertiary/aromatic N) is 5. The van der Waals surface area contributed by atoms with Gasteiger partial charge in [-0.25, -0.2) is 4.79 Å². The van der Waals surface area contributed by atoms with E-state index in [1.165, 1.54) is 12.8 Å². The Labute approximate surface area is 230 Å². The first-order valence-electron chi connectivity index (χ1n) is 13.5. The monoisotopic (exact) mass is 579 g/mol. The van der Waals surface area contributed by atoms with Crippen LogP contribution >= 0.6 is 15.9 Å². The van der Waals surface area contributed by atoms with Crippen molar-refractivity contribution in [3.05, 3.63) is 51.2 Å². The summed E-state index contributed by atoms with van der Waals surface area (Å²) in [5.41, 5.74) is 3.40. The van der Waals surface area contributed by atoms with E-state index in [2.05, 4.69) is 59.9 Å². The van der Waals surface area contributed by atoms with Gasteiger partial charge in [-0.15, -0.1) is 0 Å². The molecule has 8 nitrogen and oxygen atoms in total. The number of imidazole rings is 1. The lowest BCUT2D eigenvalue weighted by molar-refractivity contribution is 0.0219. The first-order valence-corrected chi connectivity index (χ1v) is 14.3. The Morgan fingerprint density at radius 2 is 1.82 bits per heavy atom. The van der Waals surface area contributed by atoms with Crippen LogP contribution in [0, 0.1) is 0 Å². The fourth-order valence-electron chi connectivity index (χ4n) is 6.15. The number of halogens is 1.